The van der Waals surface area contributed by atoms with E-state index in [1.54, 1.807) is 12.1 Å². The summed E-state index contributed by atoms with van der Waals surface area (Å²) in [5.41, 5.74) is -1.08. The van der Waals surface area contributed by atoms with Crippen molar-refractivity contribution < 1.29 is 22.7 Å². The molecule has 2 aromatic rings. The van der Waals surface area contributed by atoms with Gasteiger partial charge in [-0.3, -0.25) is 0 Å². The molecule has 0 bridgehead atoms. The van der Waals surface area contributed by atoms with E-state index in [2.05, 4.69) is 5.32 Å². The third-order valence-corrected chi connectivity index (χ3v) is 3.78. The Bertz CT molecular complexity index is 665. The standard InChI is InChI=1S/C18H19F4NO/c1-17(24,14-3-2-4-15(11-14)18(20,21)22)12-23-10-9-13-5-7-16(19)8-6-13/h2-8,11,23-24H,9-10,12H2,1H3. The Hall–Kier alpha value is -1.92. The molecule has 2 N–H and O–H groups in total. The lowest BCUT2D eigenvalue weighted by Crippen LogP contribution is -2.36. The van der Waals surface area contributed by atoms with Gasteiger partial charge in [0.1, 0.15) is 5.82 Å². The van der Waals surface area contributed by atoms with E-state index in [1.807, 2.05) is 0 Å². The highest BCUT2D eigenvalue weighted by molar-refractivity contribution is 5.29. The molecule has 6 heteroatoms. The van der Waals surface area contributed by atoms with E-state index in [0.29, 0.717) is 13.0 Å². The lowest BCUT2D eigenvalue weighted by Gasteiger charge is -2.25. The summed E-state index contributed by atoms with van der Waals surface area (Å²) in [5.74, 6) is -0.306. The molecule has 0 spiro atoms. The Labute approximate surface area is 138 Å². The number of hydrogen-bond donors (Lipinski definition) is 2. The van der Waals surface area contributed by atoms with Gasteiger partial charge >= 0.3 is 6.18 Å². The second-order valence-electron chi connectivity index (χ2n) is 5.91. The largest absolute Gasteiger partial charge is 0.416 e. The molecule has 0 amide bonds. The maximum Gasteiger partial charge on any atom is 0.416 e. The van der Waals surface area contributed by atoms with E-state index in [0.717, 1.165) is 17.7 Å². The number of nitrogens with one attached hydrogen (secondary N) is 1. The number of alkyl halides is 3. The van der Waals surface area contributed by atoms with Crippen LogP contribution in [0.5, 0.6) is 0 Å². The molecule has 0 aliphatic heterocycles. The molecule has 2 aromatic carbocycles. The van der Waals surface area contributed by atoms with E-state index < -0.39 is 17.3 Å². The van der Waals surface area contributed by atoms with Crippen molar-refractivity contribution in [1.29, 1.82) is 0 Å². The Morgan fingerprint density at radius 1 is 1.00 bits per heavy atom. The molecule has 0 radical (unpaired) electrons. The predicted molar refractivity (Wildman–Crippen MR) is 84.0 cm³/mol. The van der Waals surface area contributed by atoms with Crippen LogP contribution in [0, 0.1) is 5.82 Å². The Kier molecular flexibility index (Phi) is 5.62. The zero-order valence-corrected chi connectivity index (χ0v) is 13.2. The molecule has 0 aromatic heterocycles. The smallest absolute Gasteiger partial charge is 0.384 e. The summed E-state index contributed by atoms with van der Waals surface area (Å²) in [5, 5.41) is 13.5. The molecule has 0 aliphatic rings. The van der Waals surface area contributed by atoms with E-state index in [1.165, 1.54) is 31.2 Å². The zero-order valence-electron chi connectivity index (χ0n) is 13.2. The third kappa shape index (κ3) is 5.04. The molecule has 0 fully saturated rings. The molecule has 130 valence electrons. The van der Waals surface area contributed by atoms with Crippen LogP contribution in [0.4, 0.5) is 17.6 Å². The number of rotatable bonds is 6. The average Bonchev–Trinajstić information content (AvgIpc) is 2.53. The molecule has 2 nitrogen and oxygen atoms in total. The molecule has 0 aliphatic carbocycles. The lowest BCUT2D eigenvalue weighted by atomic mass is 9.94. The van der Waals surface area contributed by atoms with Crippen molar-refractivity contribution in [2.24, 2.45) is 0 Å². The SMILES string of the molecule is CC(O)(CNCCc1ccc(F)cc1)c1cccc(C(F)(F)F)c1. The van der Waals surface area contributed by atoms with Gasteiger partial charge in [-0.2, -0.15) is 13.2 Å². The maximum absolute atomic E-state index is 12.8. The van der Waals surface area contributed by atoms with Gasteiger partial charge in [-0.25, -0.2) is 4.39 Å². The summed E-state index contributed by atoms with van der Waals surface area (Å²) in [4.78, 5) is 0. The summed E-state index contributed by atoms with van der Waals surface area (Å²) in [6.07, 6.45) is -3.82. The Morgan fingerprint density at radius 2 is 1.62 bits per heavy atom. The lowest BCUT2D eigenvalue weighted by molar-refractivity contribution is -0.137. The van der Waals surface area contributed by atoms with E-state index in [9.17, 15) is 22.7 Å². The molecule has 24 heavy (non-hydrogen) atoms. The van der Waals surface area contributed by atoms with E-state index in [-0.39, 0.29) is 17.9 Å². The molecular formula is C18H19F4NO. The van der Waals surface area contributed by atoms with Crippen molar-refractivity contribution in [3.63, 3.8) is 0 Å². The first-order chi connectivity index (χ1) is 11.2. The van der Waals surface area contributed by atoms with Crippen LogP contribution in [0.15, 0.2) is 48.5 Å². The van der Waals surface area contributed by atoms with Crippen LogP contribution < -0.4 is 5.32 Å². The van der Waals surface area contributed by atoms with Crippen LogP contribution in [-0.4, -0.2) is 18.2 Å². The molecule has 0 saturated carbocycles. The predicted octanol–water partition coefficient (Wildman–Crippen LogP) is 3.88. The highest BCUT2D eigenvalue weighted by atomic mass is 19.4. The van der Waals surface area contributed by atoms with Crippen LogP contribution in [0.25, 0.3) is 0 Å². The van der Waals surface area contributed by atoms with Gasteiger partial charge in [-0.05, 0) is 55.3 Å². The fraction of sp³-hybridized carbons (Fsp3) is 0.333. The van der Waals surface area contributed by atoms with Crippen molar-refractivity contribution in [3.05, 3.63) is 71.0 Å². The Morgan fingerprint density at radius 3 is 2.25 bits per heavy atom. The van der Waals surface area contributed by atoms with Crippen LogP contribution in [0.3, 0.4) is 0 Å². The van der Waals surface area contributed by atoms with Gasteiger partial charge in [-0.1, -0.05) is 24.3 Å². The zero-order chi connectivity index (χ0) is 17.8. The Balaban J connectivity index is 1.92. The molecular weight excluding hydrogens is 322 g/mol. The first kappa shape index (κ1) is 18.4. The van der Waals surface area contributed by atoms with Crippen molar-refractivity contribution in [2.75, 3.05) is 13.1 Å². The quantitative estimate of drug-likeness (QED) is 0.617. The normalized spacial score (nSPS) is 14.4. The minimum Gasteiger partial charge on any atom is -0.384 e. The first-order valence-electron chi connectivity index (χ1n) is 7.54. The molecule has 0 heterocycles. The molecule has 1 atom stereocenters. The molecule has 1 unspecified atom stereocenters. The number of hydrogen-bond acceptors (Lipinski definition) is 2. The number of aliphatic hydroxyl groups is 1. The van der Waals surface area contributed by atoms with Crippen LogP contribution in [0.1, 0.15) is 23.6 Å². The monoisotopic (exact) mass is 341 g/mol. The summed E-state index contributed by atoms with van der Waals surface area (Å²) in [6.45, 7) is 2.09. The molecule has 0 saturated heterocycles. The van der Waals surface area contributed by atoms with Gasteiger partial charge in [-0.15, -0.1) is 0 Å². The van der Waals surface area contributed by atoms with Gasteiger partial charge < -0.3 is 10.4 Å². The van der Waals surface area contributed by atoms with Gasteiger partial charge in [0.05, 0.1) is 11.2 Å². The summed E-state index contributed by atoms with van der Waals surface area (Å²) in [6, 6.07) is 10.8. The van der Waals surface area contributed by atoms with Gasteiger partial charge in [0.15, 0.2) is 0 Å². The summed E-state index contributed by atoms with van der Waals surface area (Å²) < 4.78 is 51.1. The minimum atomic E-state index is -4.44. The first-order valence-corrected chi connectivity index (χ1v) is 7.54. The van der Waals surface area contributed by atoms with Crippen LogP contribution in [-0.2, 0) is 18.2 Å². The van der Waals surface area contributed by atoms with Crippen molar-refractivity contribution >= 4 is 0 Å². The van der Waals surface area contributed by atoms with E-state index >= 15 is 0 Å². The average molecular weight is 341 g/mol. The van der Waals surface area contributed by atoms with Gasteiger partial charge in [0, 0.05) is 6.54 Å². The number of halogens is 4. The third-order valence-electron chi connectivity index (χ3n) is 3.78. The fourth-order valence-corrected chi connectivity index (χ4v) is 2.35. The second-order valence-corrected chi connectivity index (χ2v) is 5.91. The number of benzene rings is 2. The second kappa shape index (κ2) is 7.32. The van der Waals surface area contributed by atoms with E-state index in [4.69, 9.17) is 0 Å². The molecule has 2 rings (SSSR count). The summed E-state index contributed by atoms with van der Waals surface area (Å²) in [7, 11) is 0. The minimum absolute atomic E-state index is 0.107. The highest BCUT2D eigenvalue weighted by Crippen LogP contribution is 2.31. The van der Waals surface area contributed by atoms with Crippen molar-refractivity contribution in [3.8, 4) is 0 Å². The van der Waals surface area contributed by atoms with Crippen molar-refractivity contribution in [2.45, 2.75) is 25.1 Å². The van der Waals surface area contributed by atoms with Crippen LogP contribution in [0.2, 0.25) is 0 Å². The maximum atomic E-state index is 12.8. The van der Waals surface area contributed by atoms with Gasteiger partial charge in [0.2, 0.25) is 0 Å². The fourth-order valence-electron chi connectivity index (χ4n) is 2.35. The van der Waals surface area contributed by atoms with Crippen molar-refractivity contribution in [1.82, 2.24) is 5.32 Å². The summed E-state index contributed by atoms with van der Waals surface area (Å²) >= 11 is 0. The van der Waals surface area contributed by atoms with Gasteiger partial charge in [0.25, 0.3) is 0 Å². The highest BCUT2D eigenvalue weighted by Gasteiger charge is 2.32. The topological polar surface area (TPSA) is 32.3 Å². The van der Waals surface area contributed by atoms with Crippen LogP contribution >= 0.6 is 0 Å².